The van der Waals surface area contributed by atoms with Crippen LogP contribution in [0.5, 0.6) is 5.75 Å². The van der Waals surface area contributed by atoms with E-state index in [-0.39, 0.29) is 16.6 Å². The van der Waals surface area contributed by atoms with Gasteiger partial charge in [-0.25, -0.2) is 12.4 Å². The van der Waals surface area contributed by atoms with Crippen molar-refractivity contribution in [1.29, 1.82) is 0 Å². The topological polar surface area (TPSA) is 166 Å². The van der Waals surface area contributed by atoms with Gasteiger partial charge in [0.25, 0.3) is 10.0 Å². The van der Waals surface area contributed by atoms with Crippen molar-refractivity contribution in [3.8, 4) is 28.0 Å². The number of hydrogen-bond donors (Lipinski definition) is 4. The zero-order chi connectivity index (χ0) is 31.0. The first kappa shape index (κ1) is 28.3. The molecule has 0 aliphatic rings. The van der Waals surface area contributed by atoms with E-state index in [1.807, 2.05) is 36.4 Å². The summed E-state index contributed by atoms with van der Waals surface area (Å²) in [5.74, 6) is 0.382. The first-order valence-corrected chi connectivity index (χ1v) is 14.8. The fourth-order valence-electron chi connectivity index (χ4n) is 5.30. The average molecular weight is 606 g/mol. The molecular weight excluding hydrogens is 578 g/mol. The van der Waals surface area contributed by atoms with Gasteiger partial charge in [0.05, 0.1) is 23.0 Å². The molecule has 6 aromatic rings. The number of nitrogens with zero attached hydrogens (tertiary/aromatic N) is 3. The normalized spacial score (nSPS) is 12.6. The van der Waals surface area contributed by atoms with Gasteiger partial charge in [0.15, 0.2) is 11.7 Å². The number of ether oxygens (including phenoxy) is 1. The van der Waals surface area contributed by atoms with Crippen molar-refractivity contribution >= 4 is 43.5 Å². The molecule has 0 atom stereocenters. The SMILES string of the molecule is COc1cccc(S(=O)(=O)n2c3ccc(-c4cccc(/C(N)=N/O)c4)cc3c3cc(-c4cccc(/C(N)=N/O)c4)ccc32)c1. The first-order chi connectivity index (χ1) is 21.2. The van der Waals surface area contributed by atoms with Crippen LogP contribution in [0.1, 0.15) is 11.1 Å². The fraction of sp³-hybridized carbons (Fsp3) is 0.0303. The van der Waals surface area contributed by atoms with E-state index in [9.17, 15) is 8.42 Å². The first-order valence-electron chi connectivity index (χ1n) is 13.4. The Kier molecular flexibility index (Phi) is 7.15. The molecule has 0 saturated carbocycles. The molecule has 44 heavy (non-hydrogen) atoms. The van der Waals surface area contributed by atoms with Gasteiger partial charge in [-0.05, 0) is 70.8 Å². The molecule has 0 saturated heterocycles. The molecule has 0 spiro atoms. The molecular formula is C33H27N5O5S. The minimum Gasteiger partial charge on any atom is -0.497 e. The lowest BCUT2D eigenvalue weighted by Gasteiger charge is -2.11. The van der Waals surface area contributed by atoms with Gasteiger partial charge in [-0.3, -0.25) is 0 Å². The third-order valence-electron chi connectivity index (χ3n) is 7.50. The molecule has 0 unspecified atom stereocenters. The third kappa shape index (κ3) is 4.84. The van der Waals surface area contributed by atoms with Crippen molar-refractivity contribution in [2.75, 3.05) is 7.11 Å². The van der Waals surface area contributed by atoms with Crippen LogP contribution in [0, 0.1) is 0 Å². The molecule has 0 aliphatic carbocycles. The molecule has 5 aromatic carbocycles. The molecule has 0 aliphatic heterocycles. The van der Waals surface area contributed by atoms with E-state index in [1.165, 1.54) is 23.2 Å². The largest absolute Gasteiger partial charge is 0.497 e. The quantitative estimate of drug-likeness (QED) is 0.0800. The van der Waals surface area contributed by atoms with E-state index < -0.39 is 10.0 Å². The second kappa shape index (κ2) is 11.1. The molecule has 6 rings (SSSR count). The molecule has 1 heterocycles. The van der Waals surface area contributed by atoms with E-state index in [1.54, 1.807) is 60.7 Å². The number of methoxy groups -OCH3 is 1. The minimum absolute atomic E-state index is 0.0207. The van der Waals surface area contributed by atoms with Gasteiger partial charge in [0.1, 0.15) is 5.75 Å². The predicted octanol–water partition coefficient (Wildman–Crippen LogP) is 5.56. The Hall–Kier alpha value is -5.81. The number of rotatable bonds is 7. The maximum atomic E-state index is 14.2. The summed E-state index contributed by atoms with van der Waals surface area (Å²) in [7, 11) is -2.58. The van der Waals surface area contributed by atoms with E-state index in [0.717, 1.165) is 22.3 Å². The zero-order valence-corrected chi connectivity index (χ0v) is 24.2. The Labute approximate surface area is 252 Å². The van der Waals surface area contributed by atoms with Gasteiger partial charge in [0, 0.05) is 28.0 Å². The molecule has 10 nitrogen and oxygen atoms in total. The Morgan fingerprint density at radius 3 is 1.61 bits per heavy atom. The molecule has 220 valence electrons. The summed E-state index contributed by atoms with van der Waals surface area (Å²) >= 11 is 0. The van der Waals surface area contributed by atoms with E-state index in [0.29, 0.717) is 38.7 Å². The Morgan fingerprint density at radius 1 is 0.659 bits per heavy atom. The molecule has 0 fully saturated rings. The van der Waals surface area contributed by atoms with Crippen LogP contribution in [0.25, 0.3) is 44.1 Å². The highest BCUT2D eigenvalue weighted by molar-refractivity contribution is 7.90. The van der Waals surface area contributed by atoms with Crippen molar-refractivity contribution in [3.05, 3.63) is 120 Å². The monoisotopic (exact) mass is 605 g/mol. The van der Waals surface area contributed by atoms with Crippen molar-refractivity contribution in [2.24, 2.45) is 21.8 Å². The van der Waals surface area contributed by atoms with Gasteiger partial charge in [0.2, 0.25) is 0 Å². The van der Waals surface area contributed by atoms with Crippen molar-refractivity contribution in [2.45, 2.75) is 4.90 Å². The van der Waals surface area contributed by atoms with Gasteiger partial charge in [-0.15, -0.1) is 0 Å². The van der Waals surface area contributed by atoms with E-state index >= 15 is 0 Å². The molecule has 6 N–H and O–H groups in total. The number of oxime groups is 2. The second-order valence-corrected chi connectivity index (χ2v) is 11.8. The number of aromatic nitrogens is 1. The number of amidine groups is 2. The zero-order valence-electron chi connectivity index (χ0n) is 23.4. The predicted molar refractivity (Wildman–Crippen MR) is 171 cm³/mol. The summed E-state index contributed by atoms with van der Waals surface area (Å²) in [6.45, 7) is 0. The van der Waals surface area contributed by atoms with Crippen LogP contribution in [0.3, 0.4) is 0 Å². The summed E-state index contributed by atoms with van der Waals surface area (Å²) in [6.07, 6.45) is 0. The average Bonchev–Trinajstić information content (AvgIpc) is 3.41. The van der Waals surface area contributed by atoms with Crippen LogP contribution in [0.15, 0.2) is 124 Å². The minimum atomic E-state index is -4.06. The van der Waals surface area contributed by atoms with Crippen molar-refractivity contribution in [1.82, 2.24) is 3.97 Å². The number of benzene rings is 5. The summed E-state index contributed by atoms with van der Waals surface area (Å²) < 4.78 is 35.1. The number of hydrogen-bond acceptors (Lipinski definition) is 7. The number of nitrogens with two attached hydrogens (primary N) is 2. The Morgan fingerprint density at radius 2 is 1.14 bits per heavy atom. The standard InChI is InChI=1S/C33H27N5O5S/c1-43-26-9-4-10-27(19-26)44(41,42)38-30-13-11-22(20-5-2-7-24(15-20)32(34)36-39)17-28(30)29-18-23(12-14-31(29)38)21-6-3-8-25(16-21)33(35)37-40/h2-19,39-40H,1H3,(H2,34,36)(H2,35,37). The highest BCUT2D eigenvalue weighted by Gasteiger charge is 2.24. The van der Waals surface area contributed by atoms with Gasteiger partial charge in [-0.1, -0.05) is 64.9 Å². The van der Waals surface area contributed by atoms with Crippen molar-refractivity contribution < 1.29 is 23.6 Å². The van der Waals surface area contributed by atoms with Crippen LogP contribution >= 0.6 is 0 Å². The van der Waals surface area contributed by atoms with Crippen LogP contribution in [0.2, 0.25) is 0 Å². The molecule has 0 radical (unpaired) electrons. The highest BCUT2D eigenvalue weighted by Crippen LogP contribution is 2.38. The highest BCUT2D eigenvalue weighted by atomic mass is 32.2. The maximum Gasteiger partial charge on any atom is 0.268 e. The lowest BCUT2D eigenvalue weighted by Crippen LogP contribution is -2.13. The molecule has 1 aromatic heterocycles. The van der Waals surface area contributed by atoms with Crippen LogP contribution in [-0.2, 0) is 10.0 Å². The van der Waals surface area contributed by atoms with Gasteiger partial charge < -0.3 is 26.6 Å². The smallest absolute Gasteiger partial charge is 0.268 e. The van der Waals surface area contributed by atoms with Crippen LogP contribution in [0.4, 0.5) is 0 Å². The van der Waals surface area contributed by atoms with E-state index in [2.05, 4.69) is 10.3 Å². The van der Waals surface area contributed by atoms with Crippen molar-refractivity contribution in [3.63, 3.8) is 0 Å². The molecule has 0 bridgehead atoms. The summed E-state index contributed by atoms with van der Waals surface area (Å²) in [4.78, 5) is 0.0849. The van der Waals surface area contributed by atoms with Crippen LogP contribution in [-0.4, -0.2) is 41.6 Å². The lowest BCUT2D eigenvalue weighted by atomic mass is 9.98. The van der Waals surface area contributed by atoms with Gasteiger partial charge in [-0.2, -0.15) is 0 Å². The van der Waals surface area contributed by atoms with Gasteiger partial charge >= 0.3 is 0 Å². The van der Waals surface area contributed by atoms with Crippen LogP contribution < -0.4 is 16.2 Å². The van der Waals surface area contributed by atoms with E-state index in [4.69, 9.17) is 26.6 Å². The molecule has 0 amide bonds. The summed E-state index contributed by atoms with van der Waals surface area (Å²) in [5.41, 5.74) is 16.9. The second-order valence-electron chi connectivity index (χ2n) is 10.0. The lowest BCUT2D eigenvalue weighted by molar-refractivity contribution is 0.318. The Balaban J connectivity index is 1.63. The summed E-state index contributed by atoms with van der Waals surface area (Å²) in [5, 5.41) is 25.9. The Bertz CT molecular complexity index is 2120. The summed E-state index contributed by atoms with van der Waals surface area (Å²) in [6, 6.07) is 31.9. The number of fused-ring (bicyclic) bond motifs is 3. The third-order valence-corrected chi connectivity index (χ3v) is 9.22. The molecule has 11 heteroatoms. The fourth-order valence-corrected chi connectivity index (χ4v) is 6.87. The maximum absolute atomic E-state index is 14.2.